The third kappa shape index (κ3) is 5.42. The van der Waals surface area contributed by atoms with Crippen LogP contribution in [0.4, 0.5) is 5.69 Å². The van der Waals surface area contributed by atoms with E-state index < -0.39 is 0 Å². The predicted octanol–water partition coefficient (Wildman–Crippen LogP) is 4.13. The standard InChI is InChI=1S/C30H27N5O3/c1-21(18-27(36)35-16-14-34(15-17-35)24-12-10-22(19-31)11-13-24)29-32-28-25(30(37)33-29)8-5-9-26(28)38-20-23-6-3-2-4-7-23/h2-13,18H,14-17,20H2,1H3,(H,32,33,37)/b21-18+. The molecule has 0 unspecified atom stereocenters. The van der Waals surface area contributed by atoms with Crippen LogP contribution in [-0.4, -0.2) is 47.0 Å². The maximum atomic E-state index is 13.0. The van der Waals surface area contributed by atoms with Gasteiger partial charge in [-0.3, -0.25) is 9.59 Å². The number of H-pyrrole nitrogens is 1. The molecule has 1 aliphatic rings. The second kappa shape index (κ2) is 11.0. The number of para-hydroxylation sites is 1. The summed E-state index contributed by atoms with van der Waals surface area (Å²) in [6.45, 7) is 4.65. The molecular formula is C30H27N5O3. The Balaban J connectivity index is 1.30. The molecule has 0 atom stereocenters. The normalized spacial score (nSPS) is 13.8. The number of aromatic amines is 1. The van der Waals surface area contributed by atoms with E-state index in [0.29, 0.717) is 66.4 Å². The second-order valence-corrected chi connectivity index (χ2v) is 9.14. The number of carbonyl (C=O) groups excluding carboxylic acids is 1. The monoisotopic (exact) mass is 505 g/mol. The fourth-order valence-corrected chi connectivity index (χ4v) is 4.45. The highest BCUT2D eigenvalue weighted by molar-refractivity contribution is 5.95. The minimum atomic E-state index is -0.286. The van der Waals surface area contributed by atoms with Crippen LogP contribution < -0.4 is 15.2 Å². The van der Waals surface area contributed by atoms with Crippen LogP contribution in [0.2, 0.25) is 0 Å². The van der Waals surface area contributed by atoms with Gasteiger partial charge < -0.3 is 19.5 Å². The third-order valence-electron chi connectivity index (χ3n) is 6.60. The Kier molecular flexibility index (Phi) is 7.18. The van der Waals surface area contributed by atoms with Crippen molar-refractivity contribution in [3.05, 3.63) is 106 Å². The number of ether oxygens (including phenoxy) is 1. The molecule has 1 saturated heterocycles. The highest BCUT2D eigenvalue weighted by Gasteiger charge is 2.21. The van der Waals surface area contributed by atoms with Crippen LogP contribution in [-0.2, 0) is 11.4 Å². The molecule has 38 heavy (non-hydrogen) atoms. The molecule has 190 valence electrons. The van der Waals surface area contributed by atoms with E-state index in [1.807, 2.05) is 42.5 Å². The molecule has 0 aliphatic carbocycles. The van der Waals surface area contributed by atoms with E-state index >= 15 is 0 Å². The Hall–Kier alpha value is -4.90. The fraction of sp³-hybridized carbons (Fsp3) is 0.200. The molecule has 1 fully saturated rings. The Morgan fingerprint density at radius 2 is 1.76 bits per heavy atom. The highest BCUT2D eigenvalue weighted by Crippen LogP contribution is 2.24. The van der Waals surface area contributed by atoms with Gasteiger partial charge in [0, 0.05) is 37.9 Å². The van der Waals surface area contributed by atoms with Crippen LogP contribution in [0.5, 0.6) is 5.75 Å². The topological polar surface area (TPSA) is 102 Å². The van der Waals surface area contributed by atoms with Gasteiger partial charge in [-0.25, -0.2) is 4.98 Å². The average molecular weight is 506 g/mol. The van der Waals surface area contributed by atoms with Gasteiger partial charge in [0.15, 0.2) is 0 Å². The summed E-state index contributed by atoms with van der Waals surface area (Å²) < 4.78 is 6.00. The van der Waals surface area contributed by atoms with Gasteiger partial charge in [0.05, 0.1) is 17.0 Å². The smallest absolute Gasteiger partial charge is 0.259 e. The molecule has 0 bridgehead atoms. The number of benzene rings is 3. The van der Waals surface area contributed by atoms with E-state index in [-0.39, 0.29) is 11.5 Å². The molecule has 5 rings (SSSR count). The Bertz CT molecular complexity index is 1580. The number of allylic oxidation sites excluding steroid dienone is 1. The average Bonchev–Trinajstić information content (AvgIpc) is 2.96. The van der Waals surface area contributed by atoms with Crippen LogP contribution in [0.3, 0.4) is 0 Å². The number of piperazine rings is 1. The van der Waals surface area contributed by atoms with Gasteiger partial charge >= 0.3 is 0 Å². The first-order valence-electron chi connectivity index (χ1n) is 12.4. The van der Waals surface area contributed by atoms with Crippen LogP contribution in [0, 0.1) is 11.3 Å². The molecule has 1 N–H and O–H groups in total. The van der Waals surface area contributed by atoms with Gasteiger partial charge in [-0.15, -0.1) is 0 Å². The summed E-state index contributed by atoms with van der Waals surface area (Å²) in [5.74, 6) is 0.720. The van der Waals surface area contributed by atoms with E-state index in [1.165, 1.54) is 6.08 Å². The van der Waals surface area contributed by atoms with Crippen molar-refractivity contribution < 1.29 is 9.53 Å². The van der Waals surface area contributed by atoms with Gasteiger partial charge in [0.25, 0.3) is 5.56 Å². The van der Waals surface area contributed by atoms with Crippen molar-refractivity contribution in [3.63, 3.8) is 0 Å². The van der Waals surface area contributed by atoms with Gasteiger partial charge in [-0.1, -0.05) is 36.4 Å². The highest BCUT2D eigenvalue weighted by atomic mass is 16.5. The van der Waals surface area contributed by atoms with Gasteiger partial charge in [0.1, 0.15) is 23.7 Å². The maximum absolute atomic E-state index is 13.0. The van der Waals surface area contributed by atoms with Crippen molar-refractivity contribution in [3.8, 4) is 11.8 Å². The van der Waals surface area contributed by atoms with Crippen molar-refractivity contribution in [2.75, 3.05) is 31.1 Å². The molecule has 0 spiro atoms. The van der Waals surface area contributed by atoms with Gasteiger partial charge in [-0.2, -0.15) is 5.26 Å². The van der Waals surface area contributed by atoms with Crippen LogP contribution >= 0.6 is 0 Å². The molecule has 1 aliphatic heterocycles. The number of aromatic nitrogens is 2. The van der Waals surface area contributed by atoms with E-state index in [0.717, 1.165) is 11.3 Å². The number of nitrogens with one attached hydrogen (secondary N) is 1. The number of hydrogen-bond donors (Lipinski definition) is 1. The molecule has 1 amide bonds. The summed E-state index contributed by atoms with van der Waals surface area (Å²) in [6.07, 6.45) is 1.52. The lowest BCUT2D eigenvalue weighted by molar-refractivity contribution is -0.126. The Morgan fingerprint density at radius 3 is 2.47 bits per heavy atom. The lowest BCUT2D eigenvalue weighted by Gasteiger charge is -2.35. The van der Waals surface area contributed by atoms with Crippen molar-refractivity contribution in [2.24, 2.45) is 0 Å². The summed E-state index contributed by atoms with van der Waals surface area (Å²) in [6, 6.07) is 24.6. The lowest BCUT2D eigenvalue weighted by Crippen LogP contribution is -2.48. The number of amides is 1. The largest absolute Gasteiger partial charge is 0.487 e. The van der Waals surface area contributed by atoms with Gasteiger partial charge in [-0.05, 0) is 54.5 Å². The molecule has 8 nitrogen and oxygen atoms in total. The van der Waals surface area contributed by atoms with E-state index in [1.54, 1.807) is 42.2 Å². The summed E-state index contributed by atoms with van der Waals surface area (Å²) in [5.41, 5.74) is 3.41. The SMILES string of the molecule is C/C(=C\C(=O)N1CCN(c2ccc(C#N)cc2)CC1)c1nc2c(OCc3ccccc3)cccc2c(=O)[nH]1. The molecule has 0 radical (unpaired) electrons. The van der Waals surface area contributed by atoms with E-state index in [2.05, 4.69) is 20.9 Å². The fourth-order valence-electron chi connectivity index (χ4n) is 4.45. The molecule has 1 aromatic heterocycles. The first-order chi connectivity index (χ1) is 18.5. The predicted molar refractivity (Wildman–Crippen MR) is 147 cm³/mol. The number of anilines is 1. The number of carbonyl (C=O) groups is 1. The number of hydrogen-bond acceptors (Lipinski definition) is 6. The number of nitriles is 1. The quantitative estimate of drug-likeness (QED) is 0.396. The Labute approximate surface area is 220 Å². The molecular weight excluding hydrogens is 478 g/mol. The molecule has 8 heteroatoms. The van der Waals surface area contributed by atoms with Crippen LogP contribution in [0.1, 0.15) is 23.9 Å². The van der Waals surface area contributed by atoms with E-state index in [4.69, 9.17) is 10.00 Å². The number of fused-ring (bicyclic) bond motifs is 1. The second-order valence-electron chi connectivity index (χ2n) is 9.14. The van der Waals surface area contributed by atoms with Crippen molar-refractivity contribution in [1.29, 1.82) is 5.26 Å². The van der Waals surface area contributed by atoms with Crippen molar-refractivity contribution in [1.82, 2.24) is 14.9 Å². The van der Waals surface area contributed by atoms with Crippen LogP contribution in [0.15, 0.2) is 83.7 Å². The van der Waals surface area contributed by atoms with E-state index in [9.17, 15) is 9.59 Å². The first kappa shape index (κ1) is 24.8. The summed E-state index contributed by atoms with van der Waals surface area (Å²) in [4.78, 5) is 37.3. The first-order valence-corrected chi connectivity index (χ1v) is 12.4. The minimum absolute atomic E-state index is 0.127. The minimum Gasteiger partial charge on any atom is -0.487 e. The summed E-state index contributed by atoms with van der Waals surface area (Å²) in [5, 5.41) is 9.42. The summed E-state index contributed by atoms with van der Waals surface area (Å²) >= 11 is 0. The molecule has 4 aromatic rings. The zero-order valence-electron chi connectivity index (χ0n) is 21.1. The zero-order valence-corrected chi connectivity index (χ0v) is 21.1. The maximum Gasteiger partial charge on any atom is 0.259 e. The molecule has 3 aromatic carbocycles. The third-order valence-corrected chi connectivity index (χ3v) is 6.60. The van der Waals surface area contributed by atoms with Crippen molar-refractivity contribution >= 4 is 28.1 Å². The zero-order chi connectivity index (χ0) is 26.5. The number of rotatable bonds is 6. The summed E-state index contributed by atoms with van der Waals surface area (Å²) in [7, 11) is 0. The van der Waals surface area contributed by atoms with Crippen molar-refractivity contribution in [2.45, 2.75) is 13.5 Å². The molecule has 2 heterocycles. The van der Waals surface area contributed by atoms with Gasteiger partial charge in [0.2, 0.25) is 5.91 Å². The molecule has 0 saturated carbocycles. The Morgan fingerprint density at radius 1 is 1.03 bits per heavy atom. The van der Waals surface area contributed by atoms with Crippen LogP contribution in [0.25, 0.3) is 16.5 Å². The number of nitrogens with zero attached hydrogens (tertiary/aromatic N) is 4. The lowest BCUT2D eigenvalue weighted by atomic mass is 10.1.